The Morgan fingerprint density at radius 3 is 2.38 bits per heavy atom. The van der Waals surface area contributed by atoms with Crippen LogP contribution in [0.3, 0.4) is 0 Å². The number of rotatable bonds is 4. The number of carbonyl (C=O) groups excluding carboxylic acids is 1. The Hall–Kier alpha value is -0.433. The van der Waals surface area contributed by atoms with Gasteiger partial charge in [0.2, 0.25) is 0 Å². The third-order valence-corrected chi connectivity index (χ3v) is 10.2. The van der Waals surface area contributed by atoms with Crippen LogP contribution in [0.5, 0.6) is 0 Å². The third-order valence-electron chi connectivity index (χ3n) is 5.67. The van der Waals surface area contributed by atoms with E-state index >= 15 is 0 Å². The van der Waals surface area contributed by atoms with Crippen LogP contribution in [0.4, 0.5) is 0 Å². The first-order valence-corrected chi connectivity index (χ1v) is 11.9. The van der Waals surface area contributed by atoms with E-state index in [0.29, 0.717) is 6.42 Å². The van der Waals surface area contributed by atoms with E-state index in [1.54, 1.807) is 0 Å². The van der Waals surface area contributed by atoms with E-state index in [1.165, 1.54) is 7.11 Å². The van der Waals surface area contributed by atoms with Gasteiger partial charge in [0, 0.05) is 18.4 Å². The molecule has 5 nitrogen and oxygen atoms in total. The van der Waals surface area contributed by atoms with Crippen molar-refractivity contribution in [3.8, 4) is 0 Å². The Kier molecular flexibility index (Phi) is 5.56. The quantitative estimate of drug-likeness (QED) is 0.564. The lowest BCUT2D eigenvalue weighted by Crippen LogP contribution is -2.49. The molecule has 1 saturated heterocycles. The Morgan fingerprint density at radius 1 is 1.21 bits per heavy atom. The molecule has 0 unspecified atom stereocenters. The van der Waals surface area contributed by atoms with Crippen LogP contribution in [-0.2, 0) is 23.4 Å². The van der Waals surface area contributed by atoms with Gasteiger partial charge in [-0.1, -0.05) is 20.8 Å². The zero-order chi connectivity index (χ0) is 18.3. The second-order valence-electron chi connectivity index (χ2n) is 9.15. The molecule has 0 amide bonds. The van der Waals surface area contributed by atoms with Crippen LogP contribution in [0.2, 0.25) is 18.1 Å². The molecule has 0 aromatic carbocycles. The van der Waals surface area contributed by atoms with Gasteiger partial charge in [-0.15, -0.1) is 0 Å². The standard InChI is InChI=1S/C18H34O5Si/c1-17(2,3)24(7,8)23-13-9-12(10-15(19)20-6)16-14(11-13)21-18(4,5)22-16/h12-14,16H,9-11H2,1-8H3/t12-,13+,14-,16+/m0/s1. The number of carbonyl (C=O) groups is 1. The largest absolute Gasteiger partial charge is 0.469 e. The lowest BCUT2D eigenvalue weighted by atomic mass is 9.81. The summed E-state index contributed by atoms with van der Waals surface area (Å²) in [5.74, 6) is -0.719. The lowest BCUT2D eigenvalue weighted by molar-refractivity contribution is -0.153. The maximum Gasteiger partial charge on any atom is 0.305 e. The van der Waals surface area contributed by atoms with Crippen molar-refractivity contribution in [2.75, 3.05) is 7.11 Å². The maximum atomic E-state index is 11.8. The lowest BCUT2D eigenvalue weighted by Gasteiger charge is -2.43. The van der Waals surface area contributed by atoms with Gasteiger partial charge in [0.15, 0.2) is 14.1 Å². The topological polar surface area (TPSA) is 54.0 Å². The molecule has 4 atom stereocenters. The van der Waals surface area contributed by atoms with Gasteiger partial charge in [-0.3, -0.25) is 4.79 Å². The highest BCUT2D eigenvalue weighted by Crippen LogP contribution is 2.45. The molecular formula is C18H34O5Si. The second-order valence-corrected chi connectivity index (χ2v) is 13.9. The molecule has 0 bridgehead atoms. The van der Waals surface area contributed by atoms with Crippen molar-refractivity contribution >= 4 is 14.3 Å². The smallest absolute Gasteiger partial charge is 0.305 e. The van der Waals surface area contributed by atoms with Gasteiger partial charge in [-0.2, -0.15) is 0 Å². The first kappa shape index (κ1) is 19.9. The number of methoxy groups -OCH3 is 1. The fourth-order valence-corrected chi connectivity index (χ4v) is 4.84. The monoisotopic (exact) mass is 358 g/mol. The zero-order valence-corrected chi connectivity index (χ0v) is 17.5. The number of hydrogen-bond donors (Lipinski definition) is 0. The van der Waals surface area contributed by atoms with Crippen LogP contribution < -0.4 is 0 Å². The summed E-state index contributed by atoms with van der Waals surface area (Å²) in [5.41, 5.74) is 0. The Balaban J connectivity index is 2.14. The van der Waals surface area contributed by atoms with Crippen molar-refractivity contribution in [1.82, 2.24) is 0 Å². The van der Waals surface area contributed by atoms with E-state index < -0.39 is 14.1 Å². The van der Waals surface area contributed by atoms with Crippen molar-refractivity contribution in [3.63, 3.8) is 0 Å². The minimum atomic E-state index is -1.86. The summed E-state index contributed by atoms with van der Waals surface area (Å²) in [5, 5.41) is 0.161. The van der Waals surface area contributed by atoms with Gasteiger partial charge in [0.25, 0.3) is 0 Å². The molecule has 140 valence electrons. The van der Waals surface area contributed by atoms with Crippen molar-refractivity contribution in [2.45, 2.75) is 96.1 Å². The number of ether oxygens (including phenoxy) is 3. The molecular weight excluding hydrogens is 324 g/mol. The minimum Gasteiger partial charge on any atom is -0.469 e. The zero-order valence-electron chi connectivity index (χ0n) is 16.5. The normalized spacial score (nSPS) is 33.2. The molecule has 0 N–H and O–H groups in total. The summed E-state index contributed by atoms with van der Waals surface area (Å²) in [6.07, 6.45) is 2.05. The molecule has 0 radical (unpaired) electrons. The first-order valence-electron chi connectivity index (χ1n) is 8.95. The predicted octanol–water partition coefficient (Wildman–Crippen LogP) is 3.87. The molecule has 0 aromatic rings. The maximum absolute atomic E-state index is 11.8. The predicted molar refractivity (Wildman–Crippen MR) is 95.3 cm³/mol. The number of esters is 1. The molecule has 2 rings (SSSR count). The number of fused-ring (bicyclic) bond motifs is 1. The summed E-state index contributed by atoms with van der Waals surface area (Å²) in [6.45, 7) is 15.1. The minimum absolute atomic E-state index is 0.0156. The molecule has 24 heavy (non-hydrogen) atoms. The van der Waals surface area contributed by atoms with Gasteiger partial charge < -0.3 is 18.6 Å². The molecule has 2 fully saturated rings. The second kappa shape index (κ2) is 6.70. The van der Waals surface area contributed by atoms with E-state index in [2.05, 4.69) is 33.9 Å². The van der Waals surface area contributed by atoms with E-state index in [-0.39, 0.29) is 35.2 Å². The highest BCUT2D eigenvalue weighted by molar-refractivity contribution is 6.74. The molecule has 2 aliphatic rings. The van der Waals surface area contributed by atoms with Crippen LogP contribution in [0.15, 0.2) is 0 Å². The van der Waals surface area contributed by atoms with Gasteiger partial charge in [0.05, 0.1) is 25.7 Å². The van der Waals surface area contributed by atoms with E-state index in [0.717, 1.165) is 12.8 Å². The Labute approximate surface area is 147 Å². The molecule has 6 heteroatoms. The molecule has 0 spiro atoms. The molecule has 1 saturated carbocycles. The average molecular weight is 359 g/mol. The fraction of sp³-hybridized carbons (Fsp3) is 0.944. The van der Waals surface area contributed by atoms with Crippen LogP contribution in [0, 0.1) is 5.92 Å². The van der Waals surface area contributed by atoms with Crippen molar-refractivity contribution in [3.05, 3.63) is 0 Å². The molecule has 0 aromatic heterocycles. The van der Waals surface area contributed by atoms with Crippen molar-refractivity contribution in [1.29, 1.82) is 0 Å². The summed E-state index contributed by atoms with van der Waals surface area (Å²) >= 11 is 0. The van der Waals surface area contributed by atoms with E-state index in [4.69, 9.17) is 18.6 Å². The van der Waals surface area contributed by atoms with Gasteiger partial charge in [-0.05, 0) is 38.4 Å². The third kappa shape index (κ3) is 4.39. The highest BCUT2D eigenvalue weighted by atomic mass is 28.4. The highest BCUT2D eigenvalue weighted by Gasteiger charge is 2.51. The number of hydrogen-bond acceptors (Lipinski definition) is 5. The SMILES string of the molecule is COC(=O)C[C@@H]1C[C@@H](O[Si](C)(C)C(C)(C)C)C[C@@H]2OC(C)(C)O[C@H]12. The van der Waals surface area contributed by atoms with Crippen LogP contribution in [-0.4, -0.2) is 45.5 Å². The average Bonchev–Trinajstić information content (AvgIpc) is 2.71. The molecule has 1 aliphatic carbocycles. The van der Waals surface area contributed by atoms with Gasteiger partial charge >= 0.3 is 5.97 Å². The summed E-state index contributed by atoms with van der Waals surface area (Å²) < 4.78 is 23.7. The van der Waals surface area contributed by atoms with E-state index in [9.17, 15) is 4.79 Å². The van der Waals surface area contributed by atoms with Crippen LogP contribution >= 0.6 is 0 Å². The van der Waals surface area contributed by atoms with E-state index in [1.807, 2.05) is 13.8 Å². The molecule has 1 aliphatic heterocycles. The van der Waals surface area contributed by atoms with Crippen molar-refractivity contribution in [2.24, 2.45) is 5.92 Å². The fourth-order valence-electron chi connectivity index (χ4n) is 3.46. The molecule has 1 heterocycles. The van der Waals surface area contributed by atoms with Crippen LogP contribution in [0.1, 0.15) is 53.9 Å². The Bertz CT molecular complexity index is 469. The van der Waals surface area contributed by atoms with Gasteiger partial charge in [0.1, 0.15) is 0 Å². The Morgan fingerprint density at radius 2 is 1.83 bits per heavy atom. The first-order chi connectivity index (χ1) is 10.8. The van der Waals surface area contributed by atoms with Crippen LogP contribution in [0.25, 0.3) is 0 Å². The summed E-state index contributed by atoms with van der Waals surface area (Å²) in [4.78, 5) is 11.8. The van der Waals surface area contributed by atoms with Crippen molar-refractivity contribution < 1.29 is 23.4 Å². The van der Waals surface area contributed by atoms with Gasteiger partial charge in [-0.25, -0.2) is 0 Å². The summed E-state index contributed by atoms with van der Waals surface area (Å²) in [7, 11) is -0.430. The summed E-state index contributed by atoms with van der Waals surface area (Å²) in [6, 6.07) is 0.